The SMILES string of the molecule is CC(=O)c1c(O)n(Cc2ccccc2)c2ccc(F)cc12. The number of halogens is 1. The molecule has 2 aromatic carbocycles. The number of aromatic nitrogens is 1. The van der Waals surface area contributed by atoms with E-state index in [9.17, 15) is 14.3 Å². The lowest BCUT2D eigenvalue weighted by Gasteiger charge is -2.07. The number of carbonyl (C=O) groups is 1. The number of fused-ring (bicyclic) bond motifs is 1. The second-order valence-electron chi connectivity index (χ2n) is 4.99. The molecule has 106 valence electrons. The van der Waals surface area contributed by atoms with E-state index >= 15 is 0 Å². The van der Waals surface area contributed by atoms with Gasteiger partial charge in [-0.25, -0.2) is 4.39 Å². The van der Waals surface area contributed by atoms with Crippen molar-refractivity contribution in [2.45, 2.75) is 13.5 Å². The highest BCUT2D eigenvalue weighted by Gasteiger charge is 2.20. The minimum absolute atomic E-state index is 0.119. The van der Waals surface area contributed by atoms with Crippen LogP contribution in [0.15, 0.2) is 48.5 Å². The van der Waals surface area contributed by atoms with E-state index in [2.05, 4.69) is 0 Å². The van der Waals surface area contributed by atoms with Crippen LogP contribution in [0.1, 0.15) is 22.8 Å². The largest absolute Gasteiger partial charge is 0.494 e. The Hall–Kier alpha value is -2.62. The molecule has 3 rings (SSSR count). The van der Waals surface area contributed by atoms with Crippen LogP contribution in [0.3, 0.4) is 0 Å². The zero-order valence-electron chi connectivity index (χ0n) is 11.5. The minimum atomic E-state index is -0.429. The fourth-order valence-corrected chi connectivity index (χ4v) is 2.59. The first kappa shape index (κ1) is 13.4. The first-order valence-corrected chi connectivity index (χ1v) is 6.63. The van der Waals surface area contributed by atoms with Crippen molar-refractivity contribution in [2.75, 3.05) is 0 Å². The van der Waals surface area contributed by atoms with E-state index in [4.69, 9.17) is 0 Å². The lowest BCUT2D eigenvalue weighted by atomic mass is 10.1. The van der Waals surface area contributed by atoms with Crippen LogP contribution in [-0.4, -0.2) is 15.5 Å². The molecule has 0 saturated carbocycles. The number of hydrogen-bond acceptors (Lipinski definition) is 2. The maximum Gasteiger partial charge on any atom is 0.203 e. The molecule has 0 spiro atoms. The molecule has 0 aliphatic carbocycles. The zero-order chi connectivity index (χ0) is 15.0. The second-order valence-corrected chi connectivity index (χ2v) is 4.99. The number of rotatable bonds is 3. The Morgan fingerprint density at radius 1 is 1.19 bits per heavy atom. The van der Waals surface area contributed by atoms with Crippen LogP contribution >= 0.6 is 0 Å². The van der Waals surface area contributed by atoms with E-state index in [1.165, 1.54) is 19.1 Å². The summed E-state index contributed by atoms with van der Waals surface area (Å²) in [4.78, 5) is 11.8. The zero-order valence-corrected chi connectivity index (χ0v) is 11.5. The fraction of sp³-hybridized carbons (Fsp3) is 0.118. The van der Waals surface area contributed by atoms with Gasteiger partial charge in [0.05, 0.1) is 17.6 Å². The van der Waals surface area contributed by atoms with Gasteiger partial charge in [-0.3, -0.25) is 4.79 Å². The van der Waals surface area contributed by atoms with Crippen molar-refractivity contribution in [2.24, 2.45) is 0 Å². The van der Waals surface area contributed by atoms with Gasteiger partial charge < -0.3 is 9.67 Å². The first-order chi connectivity index (χ1) is 10.1. The number of ketones is 1. The standard InChI is InChI=1S/C17H14FNO2/c1-11(20)16-14-9-13(18)7-8-15(14)19(17(16)21)10-12-5-3-2-4-6-12/h2-9,21H,10H2,1H3. The number of Topliss-reactive ketones (excluding diaryl/α,β-unsaturated/α-hetero) is 1. The van der Waals surface area contributed by atoms with Crippen LogP contribution in [0.4, 0.5) is 4.39 Å². The average molecular weight is 283 g/mol. The maximum absolute atomic E-state index is 13.4. The smallest absolute Gasteiger partial charge is 0.203 e. The third-order valence-corrected chi connectivity index (χ3v) is 3.53. The lowest BCUT2D eigenvalue weighted by molar-refractivity contribution is 0.101. The van der Waals surface area contributed by atoms with Crippen LogP contribution in [-0.2, 0) is 6.54 Å². The monoisotopic (exact) mass is 283 g/mol. The molecule has 3 nitrogen and oxygen atoms in total. The summed E-state index contributed by atoms with van der Waals surface area (Å²) >= 11 is 0. The Labute approximate surface area is 121 Å². The maximum atomic E-state index is 13.4. The van der Waals surface area contributed by atoms with Crippen LogP contribution in [0.25, 0.3) is 10.9 Å². The average Bonchev–Trinajstić information content (AvgIpc) is 2.72. The molecule has 0 unspecified atom stereocenters. The highest BCUT2D eigenvalue weighted by molar-refractivity contribution is 6.09. The number of hydrogen-bond donors (Lipinski definition) is 1. The molecule has 4 heteroatoms. The number of benzene rings is 2. The number of carbonyl (C=O) groups excluding carboxylic acids is 1. The van der Waals surface area contributed by atoms with Crippen LogP contribution in [0.5, 0.6) is 5.88 Å². The van der Waals surface area contributed by atoms with Gasteiger partial charge in [0.2, 0.25) is 5.88 Å². The summed E-state index contributed by atoms with van der Waals surface area (Å²) in [7, 11) is 0. The van der Waals surface area contributed by atoms with E-state index in [-0.39, 0.29) is 17.2 Å². The second kappa shape index (κ2) is 5.05. The quantitative estimate of drug-likeness (QED) is 0.744. The lowest BCUT2D eigenvalue weighted by Crippen LogP contribution is -1.99. The molecular formula is C17H14FNO2. The normalized spacial score (nSPS) is 11.0. The molecule has 21 heavy (non-hydrogen) atoms. The van der Waals surface area contributed by atoms with Crippen molar-refractivity contribution in [1.82, 2.24) is 4.57 Å². The predicted molar refractivity (Wildman–Crippen MR) is 79.1 cm³/mol. The molecule has 0 fully saturated rings. The van der Waals surface area contributed by atoms with Gasteiger partial charge >= 0.3 is 0 Å². The molecule has 0 bridgehead atoms. The third kappa shape index (κ3) is 2.29. The van der Waals surface area contributed by atoms with Crippen LogP contribution in [0.2, 0.25) is 0 Å². The van der Waals surface area contributed by atoms with E-state index in [0.717, 1.165) is 5.56 Å². The highest BCUT2D eigenvalue weighted by Crippen LogP contribution is 2.32. The van der Waals surface area contributed by atoms with E-state index in [0.29, 0.717) is 17.4 Å². The third-order valence-electron chi connectivity index (χ3n) is 3.53. The first-order valence-electron chi connectivity index (χ1n) is 6.63. The van der Waals surface area contributed by atoms with Crippen molar-refractivity contribution < 1.29 is 14.3 Å². The Kier molecular flexibility index (Phi) is 3.22. The molecule has 0 amide bonds. The Balaban J connectivity index is 2.23. The van der Waals surface area contributed by atoms with Crippen LogP contribution < -0.4 is 0 Å². The predicted octanol–water partition coefficient (Wildman–Crippen LogP) is 3.74. The Bertz CT molecular complexity index is 822. The van der Waals surface area contributed by atoms with Crippen molar-refractivity contribution in [3.05, 3.63) is 65.5 Å². The van der Waals surface area contributed by atoms with Gasteiger partial charge in [-0.15, -0.1) is 0 Å². The molecular weight excluding hydrogens is 269 g/mol. The van der Waals surface area contributed by atoms with Gasteiger partial charge in [0.15, 0.2) is 5.78 Å². The summed E-state index contributed by atoms with van der Waals surface area (Å²) < 4.78 is 15.1. The molecule has 1 heterocycles. The van der Waals surface area contributed by atoms with Gasteiger partial charge in [0.1, 0.15) is 5.82 Å². The van der Waals surface area contributed by atoms with Gasteiger partial charge in [0.25, 0.3) is 0 Å². The molecule has 0 atom stereocenters. The minimum Gasteiger partial charge on any atom is -0.494 e. The summed E-state index contributed by atoms with van der Waals surface area (Å²) in [6, 6.07) is 13.8. The molecule has 0 aliphatic rings. The summed E-state index contributed by atoms with van der Waals surface area (Å²) in [5.41, 5.74) is 1.80. The van der Waals surface area contributed by atoms with Crippen molar-refractivity contribution in [3.63, 3.8) is 0 Å². The van der Waals surface area contributed by atoms with E-state index in [1.807, 2.05) is 30.3 Å². The van der Waals surface area contributed by atoms with Gasteiger partial charge in [0, 0.05) is 5.39 Å². The van der Waals surface area contributed by atoms with E-state index in [1.54, 1.807) is 10.6 Å². The number of aromatic hydroxyl groups is 1. The van der Waals surface area contributed by atoms with Gasteiger partial charge in [-0.1, -0.05) is 30.3 Å². The highest BCUT2D eigenvalue weighted by atomic mass is 19.1. The summed E-state index contributed by atoms with van der Waals surface area (Å²) in [5.74, 6) is -0.830. The van der Waals surface area contributed by atoms with Crippen molar-refractivity contribution in [1.29, 1.82) is 0 Å². The molecule has 1 N–H and O–H groups in total. The molecule has 0 aliphatic heterocycles. The fourth-order valence-electron chi connectivity index (χ4n) is 2.59. The molecule has 3 aromatic rings. The molecule has 0 saturated heterocycles. The van der Waals surface area contributed by atoms with Crippen molar-refractivity contribution in [3.8, 4) is 5.88 Å². The Morgan fingerprint density at radius 2 is 1.90 bits per heavy atom. The van der Waals surface area contributed by atoms with Crippen molar-refractivity contribution >= 4 is 16.7 Å². The van der Waals surface area contributed by atoms with Crippen LogP contribution in [0, 0.1) is 5.82 Å². The van der Waals surface area contributed by atoms with Gasteiger partial charge in [-0.2, -0.15) is 0 Å². The summed E-state index contributed by atoms with van der Waals surface area (Å²) in [5, 5.41) is 10.8. The molecule has 1 aromatic heterocycles. The number of nitrogens with zero attached hydrogens (tertiary/aromatic N) is 1. The van der Waals surface area contributed by atoms with E-state index < -0.39 is 5.82 Å². The van der Waals surface area contributed by atoms with Gasteiger partial charge in [-0.05, 0) is 30.7 Å². The topological polar surface area (TPSA) is 42.2 Å². The Morgan fingerprint density at radius 3 is 2.57 bits per heavy atom. The molecule has 0 radical (unpaired) electrons. The summed E-state index contributed by atoms with van der Waals surface area (Å²) in [6.45, 7) is 1.79. The summed E-state index contributed by atoms with van der Waals surface area (Å²) in [6.07, 6.45) is 0.